The summed E-state index contributed by atoms with van der Waals surface area (Å²) in [5.74, 6) is -5.01. The number of carbonyl (C=O) groups excluding carboxylic acids is 1. The zero-order valence-electron chi connectivity index (χ0n) is 11.0. The van der Waals surface area contributed by atoms with Gasteiger partial charge in [0.2, 0.25) is 0 Å². The van der Waals surface area contributed by atoms with Gasteiger partial charge in [-0.05, 0) is 26.0 Å². The molecular formula is C13H10F2N2O3S. The van der Waals surface area contributed by atoms with Gasteiger partial charge in [0, 0.05) is 4.88 Å². The molecule has 110 valence electrons. The SMILES string of the molecule is Cc1nc(NC(=O)c2cc(F)c(F)cc2C(=O)O)sc1C. The van der Waals surface area contributed by atoms with Gasteiger partial charge in [-0.15, -0.1) is 11.3 Å². The van der Waals surface area contributed by atoms with Gasteiger partial charge in [-0.25, -0.2) is 18.6 Å². The van der Waals surface area contributed by atoms with Crippen molar-refractivity contribution in [1.82, 2.24) is 4.98 Å². The first-order valence-electron chi connectivity index (χ1n) is 5.77. The van der Waals surface area contributed by atoms with Crippen molar-refractivity contribution in [2.45, 2.75) is 13.8 Å². The van der Waals surface area contributed by atoms with E-state index in [-0.39, 0.29) is 5.13 Å². The van der Waals surface area contributed by atoms with Crippen LogP contribution < -0.4 is 5.32 Å². The van der Waals surface area contributed by atoms with Gasteiger partial charge >= 0.3 is 5.97 Å². The molecule has 0 spiro atoms. The van der Waals surface area contributed by atoms with Crippen LogP contribution in [0.15, 0.2) is 12.1 Å². The minimum absolute atomic E-state index is 0.260. The molecule has 0 fully saturated rings. The van der Waals surface area contributed by atoms with E-state index in [1.165, 1.54) is 11.3 Å². The zero-order valence-corrected chi connectivity index (χ0v) is 11.8. The Morgan fingerprint density at radius 3 is 2.24 bits per heavy atom. The molecule has 21 heavy (non-hydrogen) atoms. The second kappa shape index (κ2) is 5.57. The molecule has 0 aliphatic heterocycles. The van der Waals surface area contributed by atoms with E-state index in [2.05, 4.69) is 10.3 Å². The Morgan fingerprint density at radius 2 is 1.76 bits per heavy atom. The average molecular weight is 312 g/mol. The Hall–Kier alpha value is -2.35. The van der Waals surface area contributed by atoms with Crippen LogP contribution in [0.2, 0.25) is 0 Å². The molecule has 0 unspecified atom stereocenters. The molecule has 1 amide bonds. The molecule has 1 heterocycles. The van der Waals surface area contributed by atoms with Crippen molar-refractivity contribution in [2.24, 2.45) is 0 Å². The first-order valence-corrected chi connectivity index (χ1v) is 6.59. The lowest BCUT2D eigenvalue weighted by Gasteiger charge is -2.06. The minimum Gasteiger partial charge on any atom is -0.478 e. The first-order chi connectivity index (χ1) is 9.79. The van der Waals surface area contributed by atoms with Crippen molar-refractivity contribution in [3.63, 3.8) is 0 Å². The Bertz CT molecular complexity index is 724. The summed E-state index contributed by atoms with van der Waals surface area (Å²) in [6.45, 7) is 3.56. The highest BCUT2D eigenvalue weighted by Crippen LogP contribution is 2.23. The van der Waals surface area contributed by atoms with E-state index in [9.17, 15) is 18.4 Å². The minimum atomic E-state index is -1.52. The highest BCUT2D eigenvalue weighted by atomic mass is 32.1. The van der Waals surface area contributed by atoms with E-state index in [0.717, 1.165) is 10.6 Å². The molecule has 0 saturated carbocycles. The number of carboxylic acid groups (broad SMARTS) is 1. The van der Waals surface area contributed by atoms with Crippen LogP contribution in [0.4, 0.5) is 13.9 Å². The van der Waals surface area contributed by atoms with Gasteiger partial charge in [-0.3, -0.25) is 10.1 Å². The molecule has 2 rings (SSSR count). The van der Waals surface area contributed by atoms with Crippen LogP contribution in [0.3, 0.4) is 0 Å². The second-order valence-corrected chi connectivity index (χ2v) is 5.43. The molecule has 5 nitrogen and oxygen atoms in total. The number of hydrogen-bond acceptors (Lipinski definition) is 4. The number of aromatic nitrogens is 1. The summed E-state index contributed by atoms with van der Waals surface area (Å²) in [5.41, 5.74) is -0.359. The fraction of sp³-hybridized carbons (Fsp3) is 0.154. The van der Waals surface area contributed by atoms with Crippen molar-refractivity contribution < 1.29 is 23.5 Å². The number of carboxylic acids is 1. The Balaban J connectivity index is 2.38. The number of amides is 1. The fourth-order valence-electron chi connectivity index (χ4n) is 1.60. The maximum atomic E-state index is 13.2. The molecule has 0 aliphatic carbocycles. The number of benzene rings is 1. The van der Waals surface area contributed by atoms with E-state index in [0.29, 0.717) is 12.1 Å². The van der Waals surface area contributed by atoms with Gasteiger partial charge < -0.3 is 5.11 Å². The van der Waals surface area contributed by atoms with E-state index >= 15 is 0 Å². The number of rotatable bonds is 3. The summed E-state index contributed by atoms with van der Waals surface area (Å²) in [7, 11) is 0. The number of carbonyl (C=O) groups is 2. The van der Waals surface area contributed by atoms with Crippen LogP contribution in [0.1, 0.15) is 31.3 Å². The Labute approximate surface area is 122 Å². The molecule has 2 N–H and O–H groups in total. The summed E-state index contributed by atoms with van der Waals surface area (Å²) in [6, 6.07) is 1.03. The topological polar surface area (TPSA) is 79.3 Å². The molecule has 1 aromatic carbocycles. The van der Waals surface area contributed by atoms with Crippen LogP contribution in [0, 0.1) is 25.5 Å². The first kappa shape index (κ1) is 15.0. The molecule has 0 atom stereocenters. The van der Waals surface area contributed by atoms with Gasteiger partial charge in [0.15, 0.2) is 16.8 Å². The monoisotopic (exact) mass is 312 g/mol. The van der Waals surface area contributed by atoms with E-state index in [1.54, 1.807) is 6.92 Å². The second-order valence-electron chi connectivity index (χ2n) is 4.23. The Kier molecular flexibility index (Phi) is 3.99. The Morgan fingerprint density at radius 1 is 1.19 bits per heavy atom. The molecule has 0 saturated heterocycles. The predicted molar refractivity (Wildman–Crippen MR) is 72.9 cm³/mol. The molecular weight excluding hydrogens is 302 g/mol. The normalized spacial score (nSPS) is 10.5. The molecule has 1 aromatic heterocycles. The maximum absolute atomic E-state index is 13.2. The summed E-state index contributed by atoms with van der Waals surface area (Å²) < 4.78 is 26.3. The number of aromatic carboxylic acids is 1. The van der Waals surface area contributed by atoms with Crippen molar-refractivity contribution in [3.8, 4) is 0 Å². The summed E-state index contributed by atoms with van der Waals surface area (Å²) in [4.78, 5) is 28.0. The summed E-state index contributed by atoms with van der Waals surface area (Å²) in [5, 5.41) is 11.6. The highest BCUT2D eigenvalue weighted by molar-refractivity contribution is 7.15. The third-order valence-electron chi connectivity index (χ3n) is 2.78. The number of nitrogens with one attached hydrogen (secondary N) is 1. The quantitative estimate of drug-likeness (QED) is 0.913. The summed E-state index contributed by atoms with van der Waals surface area (Å²) in [6.07, 6.45) is 0. The van der Waals surface area contributed by atoms with E-state index in [4.69, 9.17) is 5.11 Å². The van der Waals surface area contributed by atoms with Crippen LogP contribution >= 0.6 is 11.3 Å². The van der Waals surface area contributed by atoms with Gasteiger partial charge in [0.25, 0.3) is 5.91 Å². The molecule has 0 aliphatic rings. The summed E-state index contributed by atoms with van der Waals surface area (Å²) >= 11 is 1.20. The average Bonchev–Trinajstić information content (AvgIpc) is 2.70. The number of anilines is 1. The fourth-order valence-corrected chi connectivity index (χ4v) is 2.41. The van der Waals surface area contributed by atoms with Crippen molar-refractivity contribution in [2.75, 3.05) is 5.32 Å². The van der Waals surface area contributed by atoms with E-state index in [1.807, 2.05) is 6.92 Å². The van der Waals surface area contributed by atoms with Crippen LogP contribution in [-0.4, -0.2) is 22.0 Å². The lowest BCUT2D eigenvalue weighted by atomic mass is 10.1. The number of thiazole rings is 1. The predicted octanol–water partition coefficient (Wildman–Crippen LogP) is 2.99. The lowest BCUT2D eigenvalue weighted by molar-refractivity contribution is 0.0691. The number of hydrogen-bond donors (Lipinski definition) is 2. The number of nitrogens with zero attached hydrogens (tertiary/aromatic N) is 1. The van der Waals surface area contributed by atoms with Gasteiger partial charge in [0.1, 0.15) is 0 Å². The molecule has 0 bridgehead atoms. The number of aryl methyl sites for hydroxylation is 2. The number of halogens is 2. The molecule has 2 aromatic rings. The standard InChI is InChI=1S/C13H10F2N2O3S/c1-5-6(2)21-13(16-5)17-11(18)7-3-9(14)10(15)4-8(7)12(19)20/h3-4H,1-2H3,(H,19,20)(H,16,17,18). The zero-order chi connectivity index (χ0) is 15.7. The van der Waals surface area contributed by atoms with Gasteiger partial charge in [0.05, 0.1) is 16.8 Å². The van der Waals surface area contributed by atoms with Crippen LogP contribution in [-0.2, 0) is 0 Å². The molecule has 0 radical (unpaired) electrons. The van der Waals surface area contributed by atoms with Crippen molar-refractivity contribution >= 4 is 28.3 Å². The third kappa shape index (κ3) is 3.05. The molecule has 8 heteroatoms. The third-order valence-corrected chi connectivity index (χ3v) is 3.77. The van der Waals surface area contributed by atoms with Crippen molar-refractivity contribution in [3.05, 3.63) is 45.5 Å². The van der Waals surface area contributed by atoms with Gasteiger partial charge in [-0.2, -0.15) is 0 Å². The van der Waals surface area contributed by atoms with Gasteiger partial charge in [-0.1, -0.05) is 0 Å². The smallest absolute Gasteiger partial charge is 0.336 e. The van der Waals surface area contributed by atoms with Crippen molar-refractivity contribution in [1.29, 1.82) is 0 Å². The maximum Gasteiger partial charge on any atom is 0.336 e. The largest absolute Gasteiger partial charge is 0.478 e. The lowest BCUT2D eigenvalue weighted by Crippen LogP contribution is -2.17. The van der Waals surface area contributed by atoms with E-state index < -0.39 is 34.6 Å². The van der Waals surface area contributed by atoms with Crippen LogP contribution in [0.5, 0.6) is 0 Å². The van der Waals surface area contributed by atoms with Crippen LogP contribution in [0.25, 0.3) is 0 Å². The highest BCUT2D eigenvalue weighted by Gasteiger charge is 2.21.